The van der Waals surface area contributed by atoms with Crippen LogP contribution in [0.1, 0.15) is 38.4 Å². The van der Waals surface area contributed by atoms with Crippen molar-refractivity contribution in [2.45, 2.75) is 45.9 Å². The molecule has 43 heavy (non-hydrogen) atoms. The van der Waals surface area contributed by atoms with Crippen LogP contribution < -0.4 is 20.1 Å². The number of nitrogens with one attached hydrogen (secondary N) is 2. The van der Waals surface area contributed by atoms with Gasteiger partial charge in [-0.15, -0.1) is 0 Å². The topological polar surface area (TPSA) is 115 Å². The number of hydrogen-bond acceptors (Lipinski definition) is 9. The fourth-order valence-electron chi connectivity index (χ4n) is 4.19. The van der Waals surface area contributed by atoms with Gasteiger partial charge in [-0.1, -0.05) is 36.0 Å². The first-order valence-electron chi connectivity index (χ1n) is 13.3. The van der Waals surface area contributed by atoms with Crippen LogP contribution >= 0.6 is 23.8 Å². The van der Waals surface area contributed by atoms with Crippen LogP contribution in [0.25, 0.3) is 0 Å². The first kappa shape index (κ1) is 31.6. The highest BCUT2D eigenvalue weighted by molar-refractivity contribution is 7.81. The summed E-state index contributed by atoms with van der Waals surface area (Å²) in [5, 5.41) is 6.69. The summed E-state index contributed by atoms with van der Waals surface area (Å²) in [6.45, 7) is 5.51. The number of halogens is 2. The van der Waals surface area contributed by atoms with Gasteiger partial charge in [0.05, 0.1) is 35.3 Å². The third-order valence-electron chi connectivity index (χ3n) is 6.12. The number of carbonyl (C=O) groups is 2. The molecule has 0 aliphatic carbocycles. The van der Waals surface area contributed by atoms with Gasteiger partial charge in [0.2, 0.25) is 5.95 Å². The Morgan fingerprint density at radius 1 is 1.19 bits per heavy atom. The van der Waals surface area contributed by atoms with E-state index in [0.29, 0.717) is 33.6 Å². The van der Waals surface area contributed by atoms with Crippen molar-refractivity contribution in [3.63, 3.8) is 0 Å². The van der Waals surface area contributed by atoms with E-state index in [4.69, 9.17) is 38.0 Å². The van der Waals surface area contributed by atoms with E-state index in [2.05, 4.69) is 20.6 Å². The number of pyridine rings is 2. The number of para-hydroxylation sites is 1. The molecule has 0 fully saturated rings. The molecule has 0 unspecified atom stereocenters. The molecule has 226 valence electrons. The van der Waals surface area contributed by atoms with Gasteiger partial charge < -0.3 is 24.8 Å². The molecule has 0 saturated carbocycles. The van der Waals surface area contributed by atoms with Gasteiger partial charge in [0, 0.05) is 37.0 Å². The molecule has 0 bridgehead atoms. The number of amides is 2. The van der Waals surface area contributed by atoms with Crippen molar-refractivity contribution >= 4 is 46.5 Å². The highest BCUT2D eigenvalue weighted by Crippen LogP contribution is 2.33. The second kappa shape index (κ2) is 13.8. The predicted octanol–water partition coefficient (Wildman–Crippen LogP) is 5.81. The molecule has 2 amide bonds. The zero-order valence-corrected chi connectivity index (χ0v) is 25.6. The number of imide groups is 1. The Morgan fingerprint density at radius 3 is 2.67 bits per heavy atom. The average molecular weight is 628 g/mol. The molecular formula is C30H31ClFN5O5S. The number of ether oxygens (including phenoxy) is 3. The van der Waals surface area contributed by atoms with Crippen LogP contribution in [0.3, 0.4) is 0 Å². The van der Waals surface area contributed by atoms with Crippen LogP contribution in [0.5, 0.6) is 11.5 Å². The van der Waals surface area contributed by atoms with Crippen molar-refractivity contribution in [2.24, 2.45) is 0 Å². The maximum absolute atomic E-state index is 13.8. The number of thiocarbonyl (C=S) groups is 1. The molecule has 3 aromatic rings. The van der Waals surface area contributed by atoms with Crippen molar-refractivity contribution in [2.75, 3.05) is 19.0 Å². The van der Waals surface area contributed by atoms with Gasteiger partial charge in [0.25, 0.3) is 5.91 Å². The Labute approximate surface area is 259 Å². The van der Waals surface area contributed by atoms with Gasteiger partial charge >= 0.3 is 6.09 Å². The summed E-state index contributed by atoms with van der Waals surface area (Å²) >= 11 is 12.0. The molecular weight excluding hydrogens is 597 g/mol. The molecule has 1 aliphatic heterocycles. The lowest BCUT2D eigenvalue weighted by molar-refractivity contribution is -0.126. The summed E-state index contributed by atoms with van der Waals surface area (Å²) in [6, 6.07) is 11.3. The lowest BCUT2D eigenvalue weighted by atomic mass is 10.0. The monoisotopic (exact) mass is 627 g/mol. The van der Waals surface area contributed by atoms with Crippen molar-refractivity contribution in [3.05, 3.63) is 88.4 Å². The highest BCUT2D eigenvalue weighted by Gasteiger charge is 2.36. The van der Waals surface area contributed by atoms with E-state index >= 15 is 0 Å². The molecule has 4 rings (SSSR count). The molecule has 3 heterocycles. The zero-order chi connectivity index (χ0) is 31.1. The van der Waals surface area contributed by atoms with Gasteiger partial charge in [-0.2, -0.15) is 4.39 Å². The maximum atomic E-state index is 13.8. The molecule has 0 radical (unpaired) electrons. The third-order valence-corrected chi connectivity index (χ3v) is 6.72. The van der Waals surface area contributed by atoms with Crippen LogP contribution in [0.15, 0.2) is 66.1 Å². The van der Waals surface area contributed by atoms with Crippen LogP contribution in [-0.4, -0.2) is 51.1 Å². The highest BCUT2D eigenvalue weighted by atomic mass is 35.5. The number of aromatic nitrogens is 2. The van der Waals surface area contributed by atoms with E-state index in [-0.39, 0.29) is 36.7 Å². The van der Waals surface area contributed by atoms with Crippen molar-refractivity contribution in [3.8, 4) is 11.5 Å². The molecule has 1 aliphatic rings. The van der Waals surface area contributed by atoms with E-state index in [1.807, 2.05) is 0 Å². The third kappa shape index (κ3) is 8.17. The van der Waals surface area contributed by atoms with Crippen LogP contribution in [0.4, 0.5) is 14.9 Å². The molecule has 10 nitrogen and oxygen atoms in total. The zero-order valence-electron chi connectivity index (χ0n) is 24.1. The second-order valence-electron chi connectivity index (χ2n) is 10.4. The van der Waals surface area contributed by atoms with Crippen LogP contribution in [0.2, 0.25) is 5.02 Å². The van der Waals surface area contributed by atoms with E-state index in [0.717, 1.165) is 10.5 Å². The Morgan fingerprint density at radius 2 is 1.95 bits per heavy atom. The molecule has 2 N–H and O–H groups in total. The summed E-state index contributed by atoms with van der Waals surface area (Å²) in [7, 11) is 1.47. The molecule has 0 saturated heterocycles. The first-order chi connectivity index (χ1) is 20.5. The Hall–Kier alpha value is -4.29. The minimum Gasteiger partial charge on any atom is -0.493 e. The summed E-state index contributed by atoms with van der Waals surface area (Å²) in [4.78, 5) is 35.7. The van der Waals surface area contributed by atoms with Crippen LogP contribution in [-0.2, 0) is 22.7 Å². The second-order valence-corrected chi connectivity index (χ2v) is 11.2. The summed E-state index contributed by atoms with van der Waals surface area (Å²) < 4.78 is 30.3. The molecule has 0 atom stereocenters. The van der Waals surface area contributed by atoms with Gasteiger partial charge in [0.1, 0.15) is 22.9 Å². The number of anilines is 1. The Bertz CT molecular complexity index is 1560. The number of benzene rings is 1. The standard InChI is InChI=1S/C30H31ClFN5O5S/c1-30(2,3)42-29(39)37-14-12-21(25(28(37)38)27(43)36-22-9-6-8-20(31)26(22)40-4)34-15-18-11-13-33-16-23(18)41-17-19-7-5-10-24(32)35-19/h5-11,13,16,34H,12,14-15,17H2,1-4H3,(H,36,43). The fraction of sp³-hybridized carbons (Fsp3) is 0.300. The first-order valence-corrected chi connectivity index (χ1v) is 14.1. The summed E-state index contributed by atoms with van der Waals surface area (Å²) in [5.41, 5.74) is 1.39. The lowest BCUT2D eigenvalue weighted by Gasteiger charge is -2.31. The Balaban J connectivity index is 1.60. The number of methoxy groups -OCH3 is 1. The number of hydrogen-bond donors (Lipinski definition) is 2. The quantitative estimate of drug-likeness (QED) is 0.223. The lowest BCUT2D eigenvalue weighted by Crippen LogP contribution is -2.47. The number of carbonyl (C=O) groups excluding carboxylic acids is 2. The molecule has 1 aromatic carbocycles. The van der Waals surface area contributed by atoms with Crippen LogP contribution in [0, 0.1) is 5.95 Å². The van der Waals surface area contributed by atoms with Crippen molar-refractivity contribution in [1.29, 1.82) is 0 Å². The maximum Gasteiger partial charge on any atom is 0.417 e. The van der Waals surface area contributed by atoms with E-state index in [1.54, 1.807) is 69.6 Å². The smallest absolute Gasteiger partial charge is 0.417 e. The normalized spacial score (nSPS) is 13.4. The fourth-order valence-corrected chi connectivity index (χ4v) is 4.76. The van der Waals surface area contributed by atoms with Gasteiger partial charge in [0.15, 0.2) is 5.75 Å². The average Bonchev–Trinajstić information content (AvgIpc) is 2.94. The van der Waals surface area contributed by atoms with E-state index < -0.39 is 23.5 Å². The number of rotatable bonds is 9. The SMILES string of the molecule is COc1c(Cl)cccc1NC(=S)C1=C(NCc2ccncc2OCc2cccc(F)n2)CCN(C(=O)OC(C)(C)C)C1=O. The van der Waals surface area contributed by atoms with Crippen molar-refractivity contribution in [1.82, 2.24) is 20.2 Å². The Kier molecular flexibility index (Phi) is 10.1. The largest absolute Gasteiger partial charge is 0.493 e. The summed E-state index contributed by atoms with van der Waals surface area (Å²) in [6.07, 6.45) is 2.66. The van der Waals surface area contributed by atoms with E-state index in [1.165, 1.54) is 13.2 Å². The van der Waals surface area contributed by atoms with Crippen molar-refractivity contribution < 1.29 is 28.2 Å². The van der Waals surface area contributed by atoms with Gasteiger partial charge in [-0.3, -0.25) is 9.78 Å². The van der Waals surface area contributed by atoms with E-state index in [9.17, 15) is 14.0 Å². The van der Waals surface area contributed by atoms with Gasteiger partial charge in [-0.05, 0) is 51.1 Å². The molecule has 2 aromatic heterocycles. The molecule has 13 heteroatoms. The summed E-state index contributed by atoms with van der Waals surface area (Å²) in [5.74, 6) is -0.425. The minimum atomic E-state index is -0.800. The molecule has 0 spiro atoms. The number of nitrogens with zero attached hydrogens (tertiary/aromatic N) is 3. The van der Waals surface area contributed by atoms with Gasteiger partial charge in [-0.25, -0.2) is 14.7 Å². The minimum absolute atomic E-state index is 0.0310. The predicted molar refractivity (Wildman–Crippen MR) is 163 cm³/mol.